The Labute approximate surface area is 109 Å². The first-order valence-electron chi connectivity index (χ1n) is 5.44. The summed E-state index contributed by atoms with van der Waals surface area (Å²) < 4.78 is 68.6. The van der Waals surface area contributed by atoms with E-state index in [1.54, 1.807) is 0 Å². The van der Waals surface area contributed by atoms with E-state index in [0.717, 1.165) is 18.2 Å². The molecular formula is C11H14F3NO3S. The van der Waals surface area contributed by atoms with Crippen molar-refractivity contribution in [3.63, 3.8) is 0 Å². The maximum absolute atomic E-state index is 12.7. The fourth-order valence-electron chi connectivity index (χ4n) is 1.44. The molecule has 0 aliphatic rings. The number of benzene rings is 1. The first-order valence-corrected chi connectivity index (χ1v) is 6.92. The second kappa shape index (κ2) is 6.36. The lowest BCUT2D eigenvalue weighted by Gasteiger charge is -2.13. The summed E-state index contributed by atoms with van der Waals surface area (Å²) in [6, 6.07) is 4.07. The number of halogens is 3. The van der Waals surface area contributed by atoms with Crippen LogP contribution in [0.3, 0.4) is 0 Å². The Morgan fingerprint density at radius 3 is 2.47 bits per heavy atom. The molecule has 0 radical (unpaired) electrons. The molecule has 1 N–H and O–H groups in total. The Morgan fingerprint density at radius 2 is 1.89 bits per heavy atom. The van der Waals surface area contributed by atoms with Gasteiger partial charge in [-0.25, -0.2) is 13.1 Å². The summed E-state index contributed by atoms with van der Waals surface area (Å²) >= 11 is 0. The first kappa shape index (κ1) is 15.9. The van der Waals surface area contributed by atoms with Crippen molar-refractivity contribution in [2.45, 2.75) is 17.5 Å². The van der Waals surface area contributed by atoms with Crippen LogP contribution in [0.25, 0.3) is 0 Å². The summed E-state index contributed by atoms with van der Waals surface area (Å²) in [7, 11) is -2.73. The van der Waals surface area contributed by atoms with Gasteiger partial charge < -0.3 is 4.74 Å². The summed E-state index contributed by atoms with van der Waals surface area (Å²) in [4.78, 5) is -0.764. The predicted molar refractivity (Wildman–Crippen MR) is 63.1 cm³/mol. The number of alkyl halides is 3. The molecule has 0 aliphatic carbocycles. The molecule has 0 spiro atoms. The summed E-state index contributed by atoms with van der Waals surface area (Å²) in [6.07, 6.45) is -4.33. The molecule has 0 bridgehead atoms. The Kier molecular flexibility index (Phi) is 5.33. The molecular weight excluding hydrogens is 283 g/mol. The van der Waals surface area contributed by atoms with E-state index < -0.39 is 26.7 Å². The number of methoxy groups -OCH3 is 1. The molecule has 0 aliphatic heterocycles. The van der Waals surface area contributed by atoms with Gasteiger partial charge in [-0.2, -0.15) is 13.2 Å². The van der Waals surface area contributed by atoms with E-state index in [0.29, 0.717) is 13.0 Å². The van der Waals surface area contributed by atoms with Crippen molar-refractivity contribution in [1.82, 2.24) is 4.72 Å². The standard InChI is InChI=1S/C11H14F3NO3S/c1-18-8-4-7-15-19(16,17)10-6-3-2-5-9(10)11(12,13)14/h2-3,5-6,15H,4,7-8H2,1H3. The molecule has 8 heteroatoms. The predicted octanol–water partition coefficient (Wildman–Crippen LogP) is 2.02. The second-order valence-electron chi connectivity index (χ2n) is 3.74. The van der Waals surface area contributed by atoms with Crippen LogP contribution in [-0.4, -0.2) is 28.7 Å². The number of sulfonamides is 1. The Bertz CT molecular complexity index is 514. The molecule has 4 nitrogen and oxygen atoms in total. The topological polar surface area (TPSA) is 55.4 Å². The number of hydrogen-bond acceptors (Lipinski definition) is 3. The van der Waals surface area contributed by atoms with Gasteiger partial charge in [0, 0.05) is 20.3 Å². The van der Waals surface area contributed by atoms with Crippen LogP contribution in [0.15, 0.2) is 29.2 Å². The van der Waals surface area contributed by atoms with Gasteiger partial charge in [-0.1, -0.05) is 12.1 Å². The van der Waals surface area contributed by atoms with Crippen LogP contribution in [0.4, 0.5) is 13.2 Å². The average molecular weight is 297 g/mol. The van der Waals surface area contributed by atoms with Crippen molar-refractivity contribution < 1.29 is 26.3 Å². The van der Waals surface area contributed by atoms with Crippen molar-refractivity contribution in [2.75, 3.05) is 20.3 Å². The van der Waals surface area contributed by atoms with Crippen LogP contribution in [0.1, 0.15) is 12.0 Å². The average Bonchev–Trinajstić information content (AvgIpc) is 2.34. The van der Waals surface area contributed by atoms with Gasteiger partial charge >= 0.3 is 6.18 Å². The number of rotatable bonds is 6. The zero-order valence-corrected chi connectivity index (χ0v) is 11.0. The molecule has 0 fully saturated rings. The van der Waals surface area contributed by atoms with Crippen LogP contribution < -0.4 is 4.72 Å². The van der Waals surface area contributed by atoms with Gasteiger partial charge in [0.15, 0.2) is 0 Å². The highest BCUT2D eigenvalue weighted by Gasteiger charge is 2.36. The fourth-order valence-corrected chi connectivity index (χ4v) is 2.74. The summed E-state index contributed by atoms with van der Waals surface area (Å²) in [5.41, 5.74) is -1.17. The molecule has 0 unspecified atom stereocenters. The first-order chi connectivity index (χ1) is 8.79. The van der Waals surface area contributed by atoms with E-state index in [1.807, 2.05) is 0 Å². The molecule has 0 atom stereocenters. The molecule has 19 heavy (non-hydrogen) atoms. The molecule has 1 aromatic rings. The number of ether oxygens (including phenoxy) is 1. The Morgan fingerprint density at radius 1 is 1.26 bits per heavy atom. The van der Waals surface area contributed by atoms with Gasteiger partial charge in [0.05, 0.1) is 10.5 Å². The molecule has 0 heterocycles. The highest BCUT2D eigenvalue weighted by Crippen LogP contribution is 2.33. The van der Waals surface area contributed by atoms with E-state index in [9.17, 15) is 21.6 Å². The smallest absolute Gasteiger partial charge is 0.385 e. The van der Waals surface area contributed by atoms with Crippen LogP contribution in [0, 0.1) is 0 Å². The molecule has 1 rings (SSSR count). The molecule has 0 amide bonds. The van der Waals surface area contributed by atoms with Gasteiger partial charge in [-0.15, -0.1) is 0 Å². The van der Waals surface area contributed by atoms with Crippen molar-refractivity contribution in [3.8, 4) is 0 Å². The lowest BCUT2D eigenvalue weighted by Crippen LogP contribution is -2.27. The fraction of sp³-hybridized carbons (Fsp3) is 0.455. The third-order valence-corrected chi connectivity index (χ3v) is 3.82. The minimum absolute atomic E-state index is 0.0162. The maximum atomic E-state index is 12.7. The van der Waals surface area contributed by atoms with Crippen molar-refractivity contribution in [1.29, 1.82) is 0 Å². The monoisotopic (exact) mass is 297 g/mol. The zero-order chi connectivity index (χ0) is 14.5. The largest absolute Gasteiger partial charge is 0.417 e. The zero-order valence-electron chi connectivity index (χ0n) is 10.2. The quantitative estimate of drug-likeness (QED) is 0.817. The van der Waals surface area contributed by atoms with Crippen LogP contribution in [0.5, 0.6) is 0 Å². The SMILES string of the molecule is COCCCNS(=O)(=O)c1ccccc1C(F)(F)F. The van der Waals surface area contributed by atoms with Gasteiger partial charge in [0.25, 0.3) is 0 Å². The van der Waals surface area contributed by atoms with Gasteiger partial charge in [0.2, 0.25) is 10.0 Å². The van der Waals surface area contributed by atoms with E-state index in [2.05, 4.69) is 4.72 Å². The van der Waals surface area contributed by atoms with Crippen LogP contribution in [-0.2, 0) is 20.9 Å². The minimum Gasteiger partial charge on any atom is -0.385 e. The third kappa shape index (κ3) is 4.48. The van der Waals surface area contributed by atoms with E-state index in [1.165, 1.54) is 13.2 Å². The second-order valence-corrected chi connectivity index (χ2v) is 5.47. The number of hydrogen-bond donors (Lipinski definition) is 1. The van der Waals surface area contributed by atoms with E-state index in [4.69, 9.17) is 4.74 Å². The normalized spacial score (nSPS) is 12.6. The lowest BCUT2D eigenvalue weighted by atomic mass is 10.2. The number of nitrogens with one attached hydrogen (secondary N) is 1. The highest BCUT2D eigenvalue weighted by molar-refractivity contribution is 7.89. The maximum Gasteiger partial charge on any atom is 0.417 e. The minimum atomic E-state index is -4.71. The molecule has 0 aromatic heterocycles. The van der Waals surface area contributed by atoms with Gasteiger partial charge in [0.1, 0.15) is 0 Å². The van der Waals surface area contributed by atoms with E-state index >= 15 is 0 Å². The highest BCUT2D eigenvalue weighted by atomic mass is 32.2. The Hall–Kier alpha value is -1.12. The summed E-state index contributed by atoms with van der Waals surface area (Å²) in [5.74, 6) is 0. The van der Waals surface area contributed by atoms with E-state index in [-0.39, 0.29) is 6.54 Å². The summed E-state index contributed by atoms with van der Waals surface area (Å²) in [5, 5.41) is 0. The van der Waals surface area contributed by atoms with Gasteiger partial charge in [-0.3, -0.25) is 0 Å². The van der Waals surface area contributed by atoms with Crippen LogP contribution in [0.2, 0.25) is 0 Å². The third-order valence-electron chi connectivity index (χ3n) is 2.30. The van der Waals surface area contributed by atoms with Crippen molar-refractivity contribution >= 4 is 10.0 Å². The lowest BCUT2D eigenvalue weighted by molar-refractivity contribution is -0.139. The summed E-state index contributed by atoms with van der Waals surface area (Å²) in [6.45, 7) is 0.339. The molecule has 108 valence electrons. The molecule has 1 aromatic carbocycles. The van der Waals surface area contributed by atoms with Crippen molar-refractivity contribution in [2.24, 2.45) is 0 Å². The van der Waals surface area contributed by atoms with Gasteiger partial charge in [-0.05, 0) is 18.6 Å². The molecule has 0 saturated heterocycles. The van der Waals surface area contributed by atoms with Crippen LogP contribution >= 0.6 is 0 Å². The van der Waals surface area contributed by atoms with Crippen molar-refractivity contribution in [3.05, 3.63) is 29.8 Å². The molecule has 0 saturated carbocycles. The Balaban J connectivity index is 2.96.